The number of carbonyl (C=O) groups is 1. The van der Waals surface area contributed by atoms with Crippen LogP contribution in [0.4, 0.5) is 5.69 Å². The van der Waals surface area contributed by atoms with E-state index in [1.165, 1.54) is 6.20 Å². The number of aromatic nitrogens is 2. The summed E-state index contributed by atoms with van der Waals surface area (Å²) in [4.78, 5) is 23.3. The lowest BCUT2D eigenvalue weighted by Crippen LogP contribution is -2.36. The van der Waals surface area contributed by atoms with E-state index in [1.54, 1.807) is 18.3 Å². The lowest BCUT2D eigenvalue weighted by molar-refractivity contribution is -0.119. The van der Waals surface area contributed by atoms with Gasteiger partial charge in [0.2, 0.25) is 5.88 Å². The van der Waals surface area contributed by atoms with E-state index in [4.69, 9.17) is 4.74 Å². The quantitative estimate of drug-likeness (QED) is 0.579. The van der Waals surface area contributed by atoms with Gasteiger partial charge in [-0.25, -0.2) is 4.98 Å². The van der Waals surface area contributed by atoms with Gasteiger partial charge in [-0.2, -0.15) is 9.72 Å². The first-order chi connectivity index (χ1) is 14.6. The third-order valence-electron chi connectivity index (χ3n) is 4.92. The summed E-state index contributed by atoms with van der Waals surface area (Å²) in [6.07, 6.45) is 4.75. The van der Waals surface area contributed by atoms with E-state index in [2.05, 4.69) is 25.9 Å². The van der Waals surface area contributed by atoms with E-state index in [0.29, 0.717) is 23.4 Å². The van der Waals surface area contributed by atoms with Gasteiger partial charge in [0.05, 0.1) is 18.1 Å². The van der Waals surface area contributed by atoms with Crippen LogP contribution >= 0.6 is 15.9 Å². The van der Waals surface area contributed by atoms with Crippen molar-refractivity contribution in [1.82, 2.24) is 9.71 Å². The van der Waals surface area contributed by atoms with Crippen molar-refractivity contribution in [2.75, 3.05) is 11.4 Å². The Morgan fingerprint density at radius 1 is 1.20 bits per heavy atom. The van der Waals surface area contributed by atoms with Crippen LogP contribution in [-0.2, 0) is 11.4 Å². The molecule has 1 amide bonds. The molecule has 1 atom stereocenters. The Morgan fingerprint density at radius 2 is 2.03 bits per heavy atom. The minimum atomic E-state index is -0.383. The highest BCUT2D eigenvalue weighted by Gasteiger charge is 2.31. The van der Waals surface area contributed by atoms with Crippen molar-refractivity contribution in [3.05, 3.63) is 82.5 Å². The summed E-state index contributed by atoms with van der Waals surface area (Å²) in [6, 6.07) is 16.6. The molecule has 2 aromatic heterocycles. The molecule has 0 spiro atoms. The second-order valence-corrected chi connectivity index (χ2v) is 7.90. The average Bonchev–Trinajstić information content (AvgIpc) is 3.25. The first kappa shape index (κ1) is 20.2. The summed E-state index contributed by atoms with van der Waals surface area (Å²) in [6.45, 7) is 1.20. The van der Waals surface area contributed by atoms with E-state index in [0.717, 1.165) is 28.9 Å². The van der Waals surface area contributed by atoms with E-state index >= 15 is 0 Å². The Morgan fingerprint density at radius 3 is 2.77 bits per heavy atom. The molecule has 1 saturated heterocycles. The predicted octanol–water partition coefficient (Wildman–Crippen LogP) is 3.56. The fourth-order valence-corrected chi connectivity index (χ4v) is 3.75. The summed E-state index contributed by atoms with van der Waals surface area (Å²) >= 11 is 3.27. The molecule has 0 saturated carbocycles. The zero-order chi connectivity index (χ0) is 20.9. The molecular formula is C22H21BrN4O3. The Bertz CT molecular complexity index is 1080. The number of benzene rings is 1. The summed E-state index contributed by atoms with van der Waals surface area (Å²) in [7, 11) is 0. The SMILES string of the molecule is O=C(N=c1ccc(Br)cn1O)[C@@H]1CCCN1c1ccc(OCc2ccccc2)nc1. The Hall–Kier alpha value is -3.13. The van der Waals surface area contributed by atoms with E-state index < -0.39 is 0 Å². The van der Waals surface area contributed by atoms with Gasteiger partial charge in [-0.1, -0.05) is 30.3 Å². The molecule has 1 aliphatic heterocycles. The number of carbonyl (C=O) groups excluding carboxylic acids is 1. The summed E-state index contributed by atoms with van der Waals surface area (Å²) in [5.41, 5.74) is 2.11. The third-order valence-corrected chi connectivity index (χ3v) is 5.39. The molecule has 0 radical (unpaired) electrons. The second kappa shape index (κ2) is 9.13. The average molecular weight is 469 g/mol. The first-order valence-corrected chi connectivity index (χ1v) is 10.4. The van der Waals surface area contributed by atoms with Crippen LogP contribution in [0.5, 0.6) is 5.88 Å². The van der Waals surface area contributed by atoms with Gasteiger partial charge in [-0.05, 0) is 52.5 Å². The van der Waals surface area contributed by atoms with Crippen LogP contribution in [-0.4, -0.2) is 33.4 Å². The number of nitrogens with zero attached hydrogens (tertiary/aromatic N) is 4. The minimum absolute atomic E-state index is 0.192. The summed E-state index contributed by atoms with van der Waals surface area (Å²) in [5, 5.41) is 9.93. The molecule has 7 nitrogen and oxygen atoms in total. The van der Waals surface area contributed by atoms with Crippen molar-refractivity contribution < 1.29 is 14.7 Å². The van der Waals surface area contributed by atoms with Crippen LogP contribution in [0.3, 0.4) is 0 Å². The number of rotatable bonds is 5. The molecule has 1 fully saturated rings. The van der Waals surface area contributed by atoms with Gasteiger partial charge in [-0.15, -0.1) is 0 Å². The highest BCUT2D eigenvalue weighted by atomic mass is 79.9. The van der Waals surface area contributed by atoms with Crippen molar-refractivity contribution >= 4 is 27.5 Å². The zero-order valence-electron chi connectivity index (χ0n) is 16.2. The van der Waals surface area contributed by atoms with E-state index in [1.807, 2.05) is 47.4 Å². The van der Waals surface area contributed by atoms with Gasteiger partial charge in [0.25, 0.3) is 5.91 Å². The number of anilines is 1. The van der Waals surface area contributed by atoms with E-state index in [-0.39, 0.29) is 17.4 Å². The highest BCUT2D eigenvalue weighted by molar-refractivity contribution is 9.10. The lowest BCUT2D eigenvalue weighted by atomic mass is 10.2. The maximum absolute atomic E-state index is 12.8. The van der Waals surface area contributed by atoms with Crippen LogP contribution < -0.4 is 15.1 Å². The normalized spacial score (nSPS) is 16.6. The first-order valence-electron chi connectivity index (χ1n) is 9.65. The molecule has 0 bridgehead atoms. The molecule has 4 rings (SSSR count). The van der Waals surface area contributed by atoms with Crippen molar-refractivity contribution in [2.45, 2.75) is 25.5 Å². The van der Waals surface area contributed by atoms with Crippen LogP contribution in [0.2, 0.25) is 0 Å². The van der Waals surface area contributed by atoms with Gasteiger partial charge < -0.3 is 14.8 Å². The van der Waals surface area contributed by atoms with Crippen LogP contribution in [0.25, 0.3) is 0 Å². The minimum Gasteiger partial charge on any atom is -0.473 e. The largest absolute Gasteiger partial charge is 0.473 e. The molecule has 8 heteroatoms. The smallest absolute Gasteiger partial charge is 0.270 e. The zero-order valence-corrected chi connectivity index (χ0v) is 17.8. The van der Waals surface area contributed by atoms with Crippen molar-refractivity contribution in [3.8, 4) is 5.88 Å². The van der Waals surface area contributed by atoms with Crippen LogP contribution in [0.1, 0.15) is 18.4 Å². The fourth-order valence-electron chi connectivity index (χ4n) is 3.42. The lowest BCUT2D eigenvalue weighted by Gasteiger charge is -2.24. The summed E-state index contributed by atoms with van der Waals surface area (Å²) in [5.74, 6) is 0.243. The predicted molar refractivity (Wildman–Crippen MR) is 115 cm³/mol. The summed E-state index contributed by atoms with van der Waals surface area (Å²) < 4.78 is 7.27. The molecule has 0 aliphatic carbocycles. The molecule has 154 valence electrons. The molecule has 0 unspecified atom stereocenters. The number of hydrogen-bond acceptors (Lipinski definition) is 5. The molecule has 1 aliphatic rings. The number of pyridine rings is 2. The standard InChI is InChI=1S/C22H21BrN4O3/c23-17-8-10-20(27(29)14-17)25-22(28)19-7-4-12-26(19)18-9-11-21(24-13-18)30-15-16-5-2-1-3-6-16/h1-3,5-6,8-11,13-14,19,29H,4,7,12,15H2/t19-/m0/s1. The van der Waals surface area contributed by atoms with Gasteiger partial charge in [0.15, 0.2) is 5.49 Å². The van der Waals surface area contributed by atoms with Gasteiger partial charge >= 0.3 is 0 Å². The molecular weight excluding hydrogens is 448 g/mol. The Balaban J connectivity index is 1.46. The Kier molecular flexibility index (Phi) is 6.13. The second-order valence-electron chi connectivity index (χ2n) is 6.98. The van der Waals surface area contributed by atoms with Gasteiger partial charge in [0.1, 0.15) is 12.6 Å². The van der Waals surface area contributed by atoms with E-state index in [9.17, 15) is 10.0 Å². The number of ether oxygens (including phenoxy) is 1. The fraction of sp³-hybridized carbons (Fsp3) is 0.227. The highest BCUT2D eigenvalue weighted by Crippen LogP contribution is 2.27. The number of halogens is 1. The molecule has 30 heavy (non-hydrogen) atoms. The third kappa shape index (κ3) is 4.71. The molecule has 1 aromatic carbocycles. The monoisotopic (exact) mass is 468 g/mol. The number of amides is 1. The maximum Gasteiger partial charge on any atom is 0.270 e. The van der Waals surface area contributed by atoms with Crippen LogP contribution in [0, 0.1) is 0 Å². The molecule has 3 heterocycles. The van der Waals surface area contributed by atoms with Crippen molar-refractivity contribution in [3.63, 3.8) is 0 Å². The maximum atomic E-state index is 12.8. The van der Waals surface area contributed by atoms with Gasteiger partial charge in [-0.3, -0.25) is 4.79 Å². The van der Waals surface area contributed by atoms with Crippen molar-refractivity contribution in [2.24, 2.45) is 4.99 Å². The number of hydrogen-bond donors (Lipinski definition) is 1. The molecule has 3 aromatic rings. The topological polar surface area (TPSA) is 80.0 Å². The van der Waals surface area contributed by atoms with Crippen LogP contribution in [0.15, 0.2) is 76.5 Å². The molecule has 1 N–H and O–H groups in total. The Labute approximate surface area is 182 Å². The van der Waals surface area contributed by atoms with Crippen molar-refractivity contribution in [1.29, 1.82) is 0 Å². The van der Waals surface area contributed by atoms with Gasteiger partial charge in [0, 0.05) is 17.1 Å².